The van der Waals surface area contributed by atoms with Crippen LogP contribution in [0.3, 0.4) is 0 Å². The summed E-state index contributed by atoms with van der Waals surface area (Å²) in [7, 11) is 0. The smallest absolute Gasteiger partial charge is 0.199 e. The Morgan fingerprint density at radius 1 is 1.03 bits per heavy atom. The predicted molar refractivity (Wildman–Crippen MR) is 124 cm³/mol. The van der Waals surface area contributed by atoms with E-state index in [1.54, 1.807) is 11.3 Å². The van der Waals surface area contributed by atoms with Crippen LogP contribution in [0.5, 0.6) is 0 Å². The van der Waals surface area contributed by atoms with E-state index in [0.29, 0.717) is 19.9 Å². The summed E-state index contributed by atoms with van der Waals surface area (Å²) in [4.78, 5) is 3.71. The molecule has 2 saturated heterocycles. The average Bonchev–Trinajstić information content (AvgIpc) is 3.53. The molecule has 4 heterocycles. The highest BCUT2D eigenvalue weighted by atomic mass is 32.1. The maximum atomic E-state index is 5.88. The predicted octanol–water partition coefficient (Wildman–Crippen LogP) is 4.11. The molecule has 0 bridgehead atoms. The molecule has 0 atom stereocenters. The van der Waals surface area contributed by atoms with Crippen LogP contribution in [0.1, 0.15) is 29.1 Å². The second-order valence-corrected chi connectivity index (χ2v) is 9.61. The van der Waals surface area contributed by atoms with Crippen LogP contribution >= 0.6 is 23.6 Å². The summed E-state index contributed by atoms with van der Waals surface area (Å²) in [5.41, 5.74) is 1.32. The molecule has 1 spiro atoms. The van der Waals surface area contributed by atoms with Gasteiger partial charge in [-0.2, -0.15) is 5.10 Å². The van der Waals surface area contributed by atoms with Crippen molar-refractivity contribution >= 4 is 23.6 Å². The molecule has 0 radical (unpaired) electrons. The minimum atomic E-state index is -0.350. The molecule has 0 aliphatic carbocycles. The van der Waals surface area contributed by atoms with Crippen molar-refractivity contribution in [3.05, 3.63) is 68.9 Å². The first-order valence-electron chi connectivity index (χ1n) is 10.9. The lowest BCUT2D eigenvalue weighted by Crippen LogP contribution is -2.45. The van der Waals surface area contributed by atoms with Crippen LogP contribution in [0.15, 0.2) is 47.8 Å². The molecular weight excluding hydrogens is 428 g/mol. The van der Waals surface area contributed by atoms with Gasteiger partial charge in [0.1, 0.15) is 5.82 Å². The summed E-state index contributed by atoms with van der Waals surface area (Å²) >= 11 is 7.65. The van der Waals surface area contributed by atoms with Gasteiger partial charge < -0.3 is 14.0 Å². The summed E-state index contributed by atoms with van der Waals surface area (Å²) in [5.74, 6) is 0.691. The fraction of sp³-hybridized carbons (Fsp3) is 0.478. The topological polar surface area (TPSA) is 44.4 Å². The van der Waals surface area contributed by atoms with Crippen LogP contribution in [-0.4, -0.2) is 51.3 Å². The molecular formula is C23H28N4O2S2. The van der Waals surface area contributed by atoms with Crippen LogP contribution in [-0.2, 0) is 35.5 Å². The molecule has 2 aliphatic heterocycles. The number of likely N-dealkylation sites (tertiary alicyclic amines) is 1. The molecule has 31 heavy (non-hydrogen) atoms. The van der Waals surface area contributed by atoms with Gasteiger partial charge in [0, 0.05) is 43.8 Å². The molecule has 2 aromatic heterocycles. The van der Waals surface area contributed by atoms with Crippen molar-refractivity contribution in [1.82, 2.24) is 19.2 Å². The highest BCUT2D eigenvalue weighted by Gasteiger charge is 2.39. The van der Waals surface area contributed by atoms with Crippen molar-refractivity contribution in [3.8, 4) is 0 Å². The van der Waals surface area contributed by atoms with E-state index in [1.165, 1.54) is 10.4 Å². The first kappa shape index (κ1) is 21.0. The average molecular weight is 457 g/mol. The summed E-state index contributed by atoms with van der Waals surface area (Å²) in [6, 6.07) is 14.8. The van der Waals surface area contributed by atoms with Crippen LogP contribution in [0.2, 0.25) is 0 Å². The van der Waals surface area contributed by atoms with Gasteiger partial charge in [-0.3, -0.25) is 4.90 Å². The Hall–Kier alpha value is -1.84. The number of hydrogen-bond acceptors (Lipinski definition) is 6. The summed E-state index contributed by atoms with van der Waals surface area (Å²) in [6.45, 7) is 4.84. The molecule has 3 aromatic rings. The van der Waals surface area contributed by atoms with Crippen molar-refractivity contribution in [2.75, 3.05) is 26.3 Å². The number of piperidine rings is 1. The van der Waals surface area contributed by atoms with Gasteiger partial charge in [0.25, 0.3) is 0 Å². The van der Waals surface area contributed by atoms with Crippen LogP contribution in [0.4, 0.5) is 0 Å². The lowest BCUT2D eigenvalue weighted by Gasteiger charge is -2.37. The third-order valence-electron chi connectivity index (χ3n) is 6.14. The Balaban J connectivity index is 1.32. The largest absolute Gasteiger partial charge is 0.347 e. The van der Waals surface area contributed by atoms with Gasteiger partial charge in [-0.1, -0.05) is 36.4 Å². The number of benzene rings is 1. The van der Waals surface area contributed by atoms with Crippen LogP contribution in [0, 0.1) is 4.77 Å². The third-order valence-corrected chi connectivity index (χ3v) is 7.45. The quantitative estimate of drug-likeness (QED) is 0.501. The van der Waals surface area contributed by atoms with E-state index in [9.17, 15) is 0 Å². The fourth-order valence-corrected chi connectivity index (χ4v) is 5.40. The lowest BCUT2D eigenvalue weighted by molar-refractivity contribution is -0.187. The molecule has 8 heteroatoms. The van der Waals surface area contributed by atoms with E-state index in [2.05, 4.69) is 57.3 Å². The molecule has 6 nitrogen and oxygen atoms in total. The number of rotatable bonds is 7. The summed E-state index contributed by atoms with van der Waals surface area (Å²) in [6.07, 6.45) is 3.56. The van der Waals surface area contributed by atoms with Gasteiger partial charge in [-0.25, -0.2) is 4.68 Å². The molecule has 2 aliphatic rings. The van der Waals surface area contributed by atoms with Gasteiger partial charge >= 0.3 is 0 Å². The van der Waals surface area contributed by atoms with Crippen molar-refractivity contribution in [3.63, 3.8) is 0 Å². The zero-order valence-corrected chi connectivity index (χ0v) is 19.2. The van der Waals surface area contributed by atoms with Crippen molar-refractivity contribution in [1.29, 1.82) is 0 Å². The van der Waals surface area contributed by atoms with Crippen LogP contribution < -0.4 is 0 Å². The summed E-state index contributed by atoms with van der Waals surface area (Å²) in [5, 5.41) is 7.08. The highest BCUT2D eigenvalue weighted by Crippen LogP contribution is 2.31. The molecule has 2 fully saturated rings. The second-order valence-electron chi connectivity index (χ2n) is 8.21. The second kappa shape index (κ2) is 9.34. The standard InChI is InChI=1S/C23H28N4O2S2/c30-22-26(11-8-19-5-2-1-3-6-19)21(17-20-7-4-16-31-20)24-27(22)18-25-12-9-23(10-13-25)28-14-15-29-23/h1-7,16H,8-15,17-18H2. The first-order valence-corrected chi connectivity index (χ1v) is 12.2. The monoisotopic (exact) mass is 456 g/mol. The zero-order valence-electron chi connectivity index (χ0n) is 17.6. The fourth-order valence-electron chi connectivity index (χ4n) is 4.40. The van der Waals surface area contributed by atoms with Crippen LogP contribution in [0.25, 0.3) is 0 Å². The van der Waals surface area contributed by atoms with Gasteiger partial charge in [-0.15, -0.1) is 11.3 Å². The number of aromatic nitrogens is 3. The number of hydrogen-bond donors (Lipinski definition) is 0. The van der Waals surface area contributed by atoms with Crippen molar-refractivity contribution in [2.24, 2.45) is 0 Å². The minimum Gasteiger partial charge on any atom is -0.347 e. The van der Waals surface area contributed by atoms with E-state index < -0.39 is 0 Å². The van der Waals surface area contributed by atoms with Crippen molar-refractivity contribution < 1.29 is 9.47 Å². The van der Waals surface area contributed by atoms with E-state index in [4.69, 9.17) is 26.8 Å². The molecule has 164 valence electrons. The van der Waals surface area contributed by atoms with Gasteiger partial charge in [0.05, 0.1) is 19.9 Å². The number of nitrogens with zero attached hydrogens (tertiary/aromatic N) is 4. The molecule has 0 N–H and O–H groups in total. The molecule has 0 unspecified atom stereocenters. The van der Waals surface area contributed by atoms with Gasteiger partial charge in [-0.05, 0) is 35.6 Å². The minimum absolute atomic E-state index is 0.350. The Bertz CT molecular complexity index is 1030. The lowest BCUT2D eigenvalue weighted by atomic mass is 10.0. The normalized spacial score (nSPS) is 18.7. The maximum Gasteiger partial charge on any atom is 0.199 e. The Morgan fingerprint density at radius 2 is 1.81 bits per heavy atom. The molecule has 0 saturated carbocycles. The van der Waals surface area contributed by atoms with E-state index in [1.807, 2.05) is 4.68 Å². The Kier molecular flexibility index (Phi) is 6.34. The van der Waals surface area contributed by atoms with E-state index in [-0.39, 0.29) is 5.79 Å². The maximum absolute atomic E-state index is 5.88. The van der Waals surface area contributed by atoms with Gasteiger partial charge in [0.15, 0.2) is 10.6 Å². The van der Waals surface area contributed by atoms with Crippen molar-refractivity contribution in [2.45, 2.75) is 44.7 Å². The zero-order chi connectivity index (χ0) is 21.1. The number of aryl methyl sites for hydroxylation is 1. The number of thiophene rings is 1. The number of ether oxygens (including phenoxy) is 2. The highest BCUT2D eigenvalue weighted by molar-refractivity contribution is 7.71. The van der Waals surface area contributed by atoms with E-state index in [0.717, 1.165) is 55.9 Å². The Labute approximate surface area is 192 Å². The molecule has 1 aromatic carbocycles. The molecule has 5 rings (SSSR count). The summed E-state index contributed by atoms with van der Waals surface area (Å²) < 4.78 is 16.7. The molecule has 0 amide bonds. The first-order chi connectivity index (χ1) is 15.2. The SMILES string of the molecule is S=c1n(CN2CCC3(CC2)OCCO3)nc(Cc2cccs2)n1CCc1ccccc1. The van der Waals surface area contributed by atoms with Gasteiger partial charge in [0.2, 0.25) is 0 Å². The van der Waals surface area contributed by atoms with E-state index >= 15 is 0 Å². The third kappa shape index (κ3) is 4.83. The Morgan fingerprint density at radius 3 is 2.52 bits per heavy atom.